The Morgan fingerprint density at radius 3 is 2.60 bits per heavy atom. The zero-order valence-corrected chi connectivity index (χ0v) is 12.4. The van der Waals surface area contributed by atoms with Gasteiger partial charge < -0.3 is 14.9 Å². The number of benzene rings is 1. The number of rotatable bonds is 4. The van der Waals surface area contributed by atoms with Gasteiger partial charge in [-0.2, -0.15) is 0 Å². The van der Waals surface area contributed by atoms with Crippen molar-refractivity contribution in [2.45, 2.75) is 52.2 Å². The van der Waals surface area contributed by atoms with Gasteiger partial charge in [0.1, 0.15) is 11.4 Å². The van der Waals surface area contributed by atoms with E-state index in [9.17, 15) is 15.0 Å². The lowest BCUT2D eigenvalue weighted by atomic mass is 10.0. The lowest BCUT2D eigenvalue weighted by molar-refractivity contribution is 0.0635. The number of aromatic hydroxyl groups is 1. The molecule has 0 heterocycles. The monoisotopic (exact) mass is 281 g/mol. The van der Waals surface area contributed by atoms with Crippen molar-refractivity contribution in [2.24, 2.45) is 0 Å². The first-order valence-corrected chi connectivity index (χ1v) is 6.67. The van der Waals surface area contributed by atoms with E-state index in [0.717, 1.165) is 5.56 Å². The van der Waals surface area contributed by atoms with Gasteiger partial charge in [0.05, 0.1) is 6.10 Å². The highest BCUT2D eigenvalue weighted by Crippen LogP contribution is 2.24. The Bertz CT molecular complexity index is 463. The van der Waals surface area contributed by atoms with Crippen molar-refractivity contribution < 1.29 is 19.7 Å². The van der Waals surface area contributed by atoms with E-state index in [0.29, 0.717) is 18.5 Å². The van der Waals surface area contributed by atoms with E-state index in [1.165, 1.54) is 6.07 Å². The van der Waals surface area contributed by atoms with Crippen molar-refractivity contribution in [1.82, 2.24) is 0 Å². The third-order valence-corrected chi connectivity index (χ3v) is 2.56. The highest BCUT2D eigenvalue weighted by molar-refractivity contribution is 5.86. The van der Waals surface area contributed by atoms with Crippen molar-refractivity contribution in [3.8, 4) is 5.75 Å². The summed E-state index contributed by atoms with van der Waals surface area (Å²) in [6.07, 6.45) is 0.122. The summed E-state index contributed by atoms with van der Waals surface area (Å²) in [6, 6.07) is 4.70. The van der Waals surface area contributed by atoms with E-state index in [4.69, 9.17) is 4.74 Å². The summed E-state index contributed by atoms with van der Waals surface area (Å²) in [6.45, 7) is 7.07. The summed E-state index contributed by atoms with van der Waals surface area (Å²) < 4.78 is 5.19. The van der Waals surface area contributed by atoms with Gasteiger partial charge in [-0.05, 0) is 64.3 Å². The van der Waals surface area contributed by atoms with Gasteiger partial charge in [0, 0.05) is 5.69 Å². The average Bonchev–Trinajstić information content (AvgIpc) is 2.26. The van der Waals surface area contributed by atoms with E-state index in [1.807, 2.05) is 0 Å². The van der Waals surface area contributed by atoms with Crippen LogP contribution in [0.25, 0.3) is 0 Å². The molecule has 0 bridgehead atoms. The molecule has 0 saturated carbocycles. The van der Waals surface area contributed by atoms with Gasteiger partial charge in [0.15, 0.2) is 0 Å². The predicted molar refractivity (Wildman–Crippen MR) is 78.0 cm³/mol. The molecule has 0 spiro atoms. The van der Waals surface area contributed by atoms with Crippen LogP contribution in [-0.4, -0.2) is 28.0 Å². The molecule has 0 aliphatic heterocycles. The number of aryl methyl sites for hydroxylation is 1. The second-order valence-corrected chi connectivity index (χ2v) is 5.86. The standard InChI is InChI=1S/C15H23NO4/c1-10(17)5-6-11-9-12(18)7-8-13(11)16-14(19)20-15(2,3)4/h7-10,17-18H,5-6H2,1-4H3,(H,16,19). The van der Waals surface area contributed by atoms with E-state index in [1.54, 1.807) is 39.8 Å². The van der Waals surface area contributed by atoms with E-state index >= 15 is 0 Å². The lowest BCUT2D eigenvalue weighted by Crippen LogP contribution is -2.27. The molecule has 0 aromatic heterocycles. The van der Waals surface area contributed by atoms with Crippen LogP contribution >= 0.6 is 0 Å². The predicted octanol–water partition coefficient (Wildman–Crippen LogP) is 3.05. The molecule has 5 heteroatoms. The number of aliphatic hydroxyl groups excluding tert-OH is 1. The normalized spacial score (nSPS) is 12.8. The van der Waals surface area contributed by atoms with Gasteiger partial charge in [-0.15, -0.1) is 0 Å². The van der Waals surface area contributed by atoms with Crippen LogP contribution in [0, 0.1) is 0 Å². The van der Waals surface area contributed by atoms with Gasteiger partial charge in [0.25, 0.3) is 0 Å². The number of nitrogens with one attached hydrogen (secondary N) is 1. The fourth-order valence-corrected chi connectivity index (χ4v) is 1.69. The summed E-state index contributed by atoms with van der Waals surface area (Å²) in [7, 11) is 0. The average molecular weight is 281 g/mol. The Morgan fingerprint density at radius 1 is 1.40 bits per heavy atom. The number of phenolic OH excluding ortho intramolecular Hbond substituents is 1. The zero-order valence-electron chi connectivity index (χ0n) is 12.4. The van der Waals surface area contributed by atoms with Crippen molar-refractivity contribution in [3.05, 3.63) is 23.8 Å². The van der Waals surface area contributed by atoms with Crippen LogP contribution in [0.1, 0.15) is 39.7 Å². The van der Waals surface area contributed by atoms with Crippen LogP contribution in [0.5, 0.6) is 5.75 Å². The minimum Gasteiger partial charge on any atom is -0.508 e. The van der Waals surface area contributed by atoms with E-state index < -0.39 is 17.8 Å². The fourth-order valence-electron chi connectivity index (χ4n) is 1.69. The number of carbonyl (C=O) groups excluding carboxylic acids is 1. The summed E-state index contributed by atoms with van der Waals surface area (Å²) in [5, 5.41) is 21.5. The van der Waals surface area contributed by atoms with Crippen LogP contribution in [0.15, 0.2) is 18.2 Å². The van der Waals surface area contributed by atoms with Crippen LogP contribution in [-0.2, 0) is 11.2 Å². The molecule has 0 aliphatic rings. The first-order chi connectivity index (χ1) is 9.17. The Morgan fingerprint density at radius 2 is 2.05 bits per heavy atom. The molecule has 1 aromatic rings. The van der Waals surface area contributed by atoms with Gasteiger partial charge in [-0.3, -0.25) is 5.32 Å². The minimum atomic E-state index is -0.569. The first-order valence-electron chi connectivity index (χ1n) is 6.67. The van der Waals surface area contributed by atoms with Gasteiger partial charge in [-0.1, -0.05) is 0 Å². The van der Waals surface area contributed by atoms with Gasteiger partial charge in [0.2, 0.25) is 0 Å². The molecule has 1 atom stereocenters. The number of hydrogen-bond donors (Lipinski definition) is 3. The number of anilines is 1. The quantitative estimate of drug-likeness (QED) is 0.741. The van der Waals surface area contributed by atoms with E-state index in [2.05, 4.69) is 5.32 Å². The fraction of sp³-hybridized carbons (Fsp3) is 0.533. The number of phenols is 1. The number of hydrogen-bond acceptors (Lipinski definition) is 4. The highest BCUT2D eigenvalue weighted by Gasteiger charge is 2.17. The van der Waals surface area contributed by atoms with Crippen molar-refractivity contribution >= 4 is 11.8 Å². The van der Waals surface area contributed by atoms with Crippen LogP contribution in [0.2, 0.25) is 0 Å². The maximum absolute atomic E-state index is 11.8. The Balaban J connectivity index is 2.80. The molecule has 0 saturated heterocycles. The van der Waals surface area contributed by atoms with Crippen LogP contribution in [0.3, 0.4) is 0 Å². The van der Waals surface area contributed by atoms with E-state index in [-0.39, 0.29) is 5.75 Å². The Labute approximate surface area is 119 Å². The molecule has 1 unspecified atom stereocenters. The lowest BCUT2D eigenvalue weighted by Gasteiger charge is -2.20. The molecular formula is C15H23NO4. The molecule has 0 aliphatic carbocycles. The largest absolute Gasteiger partial charge is 0.508 e. The van der Waals surface area contributed by atoms with Gasteiger partial charge >= 0.3 is 6.09 Å². The molecule has 5 nitrogen and oxygen atoms in total. The van der Waals surface area contributed by atoms with Crippen LogP contribution in [0.4, 0.5) is 10.5 Å². The molecule has 1 rings (SSSR count). The Kier molecular flexibility index (Phi) is 5.39. The molecule has 0 fully saturated rings. The number of ether oxygens (including phenoxy) is 1. The second-order valence-electron chi connectivity index (χ2n) is 5.86. The molecule has 112 valence electrons. The smallest absolute Gasteiger partial charge is 0.412 e. The number of aliphatic hydroxyl groups is 1. The summed E-state index contributed by atoms with van der Waals surface area (Å²) >= 11 is 0. The molecule has 1 amide bonds. The summed E-state index contributed by atoms with van der Waals surface area (Å²) in [4.78, 5) is 11.8. The Hall–Kier alpha value is -1.75. The molecule has 0 radical (unpaired) electrons. The number of amides is 1. The highest BCUT2D eigenvalue weighted by atomic mass is 16.6. The SMILES string of the molecule is CC(O)CCc1cc(O)ccc1NC(=O)OC(C)(C)C. The topological polar surface area (TPSA) is 78.8 Å². The maximum Gasteiger partial charge on any atom is 0.412 e. The van der Waals surface area contributed by atoms with Crippen molar-refractivity contribution in [3.63, 3.8) is 0 Å². The van der Waals surface area contributed by atoms with Crippen molar-refractivity contribution in [1.29, 1.82) is 0 Å². The summed E-state index contributed by atoms with van der Waals surface area (Å²) in [5.74, 6) is 0.125. The molecular weight excluding hydrogens is 258 g/mol. The maximum atomic E-state index is 11.8. The first kappa shape index (κ1) is 16.3. The van der Waals surface area contributed by atoms with Crippen molar-refractivity contribution in [2.75, 3.05) is 5.32 Å². The number of carbonyl (C=O) groups is 1. The van der Waals surface area contributed by atoms with Gasteiger partial charge in [-0.25, -0.2) is 4.79 Å². The minimum absolute atomic E-state index is 0.125. The zero-order chi connectivity index (χ0) is 15.3. The van der Waals surface area contributed by atoms with Crippen LogP contribution < -0.4 is 5.32 Å². The molecule has 20 heavy (non-hydrogen) atoms. The third kappa shape index (κ3) is 5.93. The second kappa shape index (κ2) is 6.61. The third-order valence-electron chi connectivity index (χ3n) is 2.56. The molecule has 3 N–H and O–H groups in total. The summed E-state index contributed by atoms with van der Waals surface area (Å²) in [5.41, 5.74) is 0.773. The molecule has 1 aromatic carbocycles.